The highest BCUT2D eigenvalue weighted by molar-refractivity contribution is 8.00. The number of halogens is 9. The maximum absolute atomic E-state index is 13.5. The molecule has 0 aromatic heterocycles. The molecule has 0 radical (unpaired) electrons. The number of alkyl halides is 9. The van der Waals surface area contributed by atoms with E-state index in [1.165, 1.54) is 13.8 Å². The SMILES string of the molecule is Cc1cc(SC(F)(F)C(F)(F)C(F)(F)C(F)(F)F)cc(C)c1N. The molecular weight excluding hydrogens is 361 g/mol. The molecule has 0 amide bonds. The molecule has 11 heteroatoms. The number of thioether (sulfide) groups is 1. The summed E-state index contributed by atoms with van der Waals surface area (Å²) in [7, 11) is 0. The van der Waals surface area contributed by atoms with Crippen LogP contribution in [0.3, 0.4) is 0 Å². The van der Waals surface area contributed by atoms with Crippen LogP contribution < -0.4 is 5.73 Å². The van der Waals surface area contributed by atoms with Gasteiger partial charge < -0.3 is 5.73 Å². The van der Waals surface area contributed by atoms with Crippen molar-refractivity contribution < 1.29 is 39.5 Å². The lowest BCUT2D eigenvalue weighted by atomic mass is 10.1. The summed E-state index contributed by atoms with van der Waals surface area (Å²) in [6.45, 7) is 2.68. The van der Waals surface area contributed by atoms with Gasteiger partial charge in [0.25, 0.3) is 0 Å². The maximum Gasteiger partial charge on any atom is 0.460 e. The molecule has 23 heavy (non-hydrogen) atoms. The van der Waals surface area contributed by atoms with Gasteiger partial charge in [0.2, 0.25) is 0 Å². The molecule has 0 saturated carbocycles. The van der Waals surface area contributed by atoms with Crippen LogP contribution in [-0.4, -0.2) is 23.3 Å². The number of aryl methyl sites for hydroxylation is 2. The summed E-state index contributed by atoms with van der Waals surface area (Å²) in [5, 5.41) is -5.71. The zero-order chi connectivity index (χ0) is 18.4. The summed E-state index contributed by atoms with van der Waals surface area (Å²) in [4.78, 5) is -0.614. The number of nitrogens with two attached hydrogens (primary N) is 1. The van der Waals surface area contributed by atoms with E-state index in [9.17, 15) is 39.5 Å². The van der Waals surface area contributed by atoms with Crippen LogP contribution in [0.1, 0.15) is 11.1 Å². The second-order valence-electron chi connectivity index (χ2n) is 4.74. The van der Waals surface area contributed by atoms with Crippen molar-refractivity contribution >= 4 is 17.4 Å². The first-order valence-corrected chi connectivity index (χ1v) is 6.62. The van der Waals surface area contributed by atoms with E-state index in [4.69, 9.17) is 5.73 Å². The third-order valence-electron chi connectivity index (χ3n) is 2.93. The average Bonchev–Trinajstić information content (AvgIpc) is 2.33. The molecule has 1 aromatic rings. The number of hydrogen-bond donors (Lipinski definition) is 1. The first-order chi connectivity index (χ1) is 10.0. The summed E-state index contributed by atoms with van der Waals surface area (Å²) in [5.74, 6) is -13.5. The van der Waals surface area contributed by atoms with Gasteiger partial charge in [0, 0.05) is 10.6 Å². The highest BCUT2D eigenvalue weighted by atomic mass is 32.2. The Morgan fingerprint density at radius 3 is 1.52 bits per heavy atom. The predicted octanol–water partition coefficient (Wildman–Crippen LogP) is 5.40. The highest BCUT2D eigenvalue weighted by Crippen LogP contribution is 2.58. The predicted molar refractivity (Wildman–Crippen MR) is 67.1 cm³/mol. The van der Waals surface area contributed by atoms with E-state index in [1.807, 2.05) is 0 Å². The van der Waals surface area contributed by atoms with Crippen LogP contribution in [0.5, 0.6) is 0 Å². The third-order valence-corrected chi connectivity index (χ3v) is 3.91. The van der Waals surface area contributed by atoms with Crippen LogP contribution in [0.15, 0.2) is 17.0 Å². The Morgan fingerprint density at radius 1 is 0.783 bits per heavy atom. The summed E-state index contributed by atoms with van der Waals surface area (Å²) >= 11 is -1.09. The molecule has 0 bridgehead atoms. The van der Waals surface area contributed by atoms with Gasteiger partial charge >= 0.3 is 23.3 Å². The minimum absolute atomic E-state index is 0.157. The van der Waals surface area contributed by atoms with Crippen molar-refractivity contribution in [2.75, 3.05) is 5.73 Å². The van der Waals surface area contributed by atoms with Crippen LogP contribution in [0.2, 0.25) is 0 Å². The van der Waals surface area contributed by atoms with Gasteiger partial charge in [-0.2, -0.15) is 39.5 Å². The van der Waals surface area contributed by atoms with Crippen molar-refractivity contribution in [2.45, 2.75) is 42.0 Å². The lowest BCUT2D eigenvalue weighted by Crippen LogP contribution is -2.59. The standard InChI is InChI=1S/C12H10F9NS/c1-5-3-7(4-6(2)8(5)22)23-12(20,21)10(15,16)9(13,14)11(17,18)19/h3-4H,22H2,1-2H3. The first-order valence-electron chi connectivity index (χ1n) is 5.80. The first kappa shape index (κ1) is 19.8. The van der Waals surface area contributed by atoms with E-state index in [0.717, 1.165) is 12.1 Å². The fraction of sp³-hybridized carbons (Fsp3) is 0.500. The Bertz CT molecular complexity index is 572. The molecule has 2 N–H and O–H groups in total. The molecule has 132 valence electrons. The van der Waals surface area contributed by atoms with Gasteiger partial charge in [0.1, 0.15) is 0 Å². The molecule has 0 spiro atoms. The molecule has 0 aliphatic rings. The second-order valence-corrected chi connectivity index (χ2v) is 5.92. The van der Waals surface area contributed by atoms with Crippen molar-refractivity contribution in [3.63, 3.8) is 0 Å². The molecule has 1 aromatic carbocycles. The maximum atomic E-state index is 13.5. The second kappa shape index (κ2) is 5.67. The molecule has 0 heterocycles. The zero-order valence-corrected chi connectivity index (χ0v) is 12.4. The largest absolute Gasteiger partial charge is 0.460 e. The molecule has 0 aliphatic carbocycles. The quantitative estimate of drug-likeness (QED) is 0.436. The van der Waals surface area contributed by atoms with Crippen molar-refractivity contribution in [2.24, 2.45) is 0 Å². The van der Waals surface area contributed by atoms with E-state index in [2.05, 4.69) is 0 Å². The van der Waals surface area contributed by atoms with Gasteiger partial charge in [-0.25, -0.2) is 0 Å². The minimum atomic E-state index is -6.89. The molecule has 0 unspecified atom stereocenters. The number of hydrogen-bond acceptors (Lipinski definition) is 2. The minimum Gasteiger partial charge on any atom is -0.398 e. The Kier molecular flexibility index (Phi) is 4.88. The topological polar surface area (TPSA) is 26.0 Å². The van der Waals surface area contributed by atoms with Gasteiger partial charge in [-0.15, -0.1) is 0 Å². The van der Waals surface area contributed by atoms with Gasteiger partial charge in [-0.3, -0.25) is 0 Å². The molecular formula is C12H10F9NS. The van der Waals surface area contributed by atoms with Gasteiger partial charge in [0.15, 0.2) is 0 Å². The van der Waals surface area contributed by atoms with E-state index < -0.39 is 39.9 Å². The summed E-state index contributed by atoms with van der Waals surface area (Å²) in [5.41, 5.74) is 6.05. The van der Waals surface area contributed by atoms with Crippen LogP contribution in [-0.2, 0) is 0 Å². The van der Waals surface area contributed by atoms with Crippen molar-refractivity contribution in [3.8, 4) is 0 Å². The molecule has 1 rings (SSSR count). The van der Waals surface area contributed by atoms with Crippen LogP contribution in [0.4, 0.5) is 45.2 Å². The highest BCUT2D eigenvalue weighted by Gasteiger charge is 2.82. The Labute approximate surface area is 129 Å². The lowest BCUT2D eigenvalue weighted by Gasteiger charge is -2.33. The summed E-state index contributed by atoms with van der Waals surface area (Å²) < 4.78 is 115. The summed E-state index contributed by atoms with van der Waals surface area (Å²) in [6, 6.07) is 1.78. The smallest absolute Gasteiger partial charge is 0.398 e. The average molecular weight is 371 g/mol. The lowest BCUT2D eigenvalue weighted by molar-refractivity contribution is -0.381. The van der Waals surface area contributed by atoms with Crippen molar-refractivity contribution in [1.82, 2.24) is 0 Å². The van der Waals surface area contributed by atoms with E-state index in [1.54, 1.807) is 0 Å². The zero-order valence-electron chi connectivity index (χ0n) is 11.5. The molecule has 0 aliphatic heterocycles. The van der Waals surface area contributed by atoms with E-state index in [0.29, 0.717) is 0 Å². The number of rotatable bonds is 4. The molecule has 0 fully saturated rings. The van der Waals surface area contributed by atoms with Crippen molar-refractivity contribution in [3.05, 3.63) is 23.3 Å². The number of anilines is 1. The fourth-order valence-electron chi connectivity index (χ4n) is 1.57. The van der Waals surface area contributed by atoms with Crippen molar-refractivity contribution in [1.29, 1.82) is 0 Å². The monoisotopic (exact) mass is 371 g/mol. The Morgan fingerprint density at radius 2 is 1.17 bits per heavy atom. The van der Waals surface area contributed by atoms with E-state index >= 15 is 0 Å². The number of nitrogen functional groups attached to an aromatic ring is 1. The Hall–Kier alpha value is -1.26. The normalized spacial score (nSPS) is 14.2. The van der Waals surface area contributed by atoms with Crippen LogP contribution in [0, 0.1) is 13.8 Å². The van der Waals surface area contributed by atoms with Gasteiger partial charge in [0.05, 0.1) is 0 Å². The molecule has 0 saturated heterocycles. The van der Waals surface area contributed by atoms with Crippen LogP contribution in [0.25, 0.3) is 0 Å². The fourth-order valence-corrected chi connectivity index (χ4v) is 2.59. The molecule has 1 nitrogen and oxygen atoms in total. The van der Waals surface area contributed by atoms with E-state index in [-0.39, 0.29) is 16.8 Å². The third kappa shape index (κ3) is 3.33. The number of benzene rings is 1. The van der Waals surface area contributed by atoms with Crippen LogP contribution >= 0.6 is 11.8 Å². The molecule has 0 atom stereocenters. The van der Waals surface area contributed by atoms with Gasteiger partial charge in [-0.05, 0) is 48.9 Å². The van der Waals surface area contributed by atoms with Gasteiger partial charge in [-0.1, -0.05) is 0 Å². The Balaban J connectivity index is 3.26. The summed E-state index contributed by atoms with van der Waals surface area (Å²) in [6.07, 6.45) is -6.83.